The molecule has 5 rings (SSSR count). The Kier molecular flexibility index (Phi) is 7.46. The number of thiazole rings is 1. The third kappa shape index (κ3) is 5.78. The molecule has 1 amide bonds. The lowest BCUT2D eigenvalue weighted by Crippen LogP contribution is -2.48. The van der Waals surface area contributed by atoms with Crippen molar-refractivity contribution in [1.82, 2.24) is 14.8 Å². The lowest BCUT2D eigenvalue weighted by Gasteiger charge is -2.34. The molecule has 1 fully saturated rings. The summed E-state index contributed by atoms with van der Waals surface area (Å²) in [6, 6.07) is 11.3. The second kappa shape index (κ2) is 10.6. The number of thioether (sulfide) groups is 1. The molecular formula is C26H27F3N4O2S2. The normalized spacial score (nSPS) is 20.8. The summed E-state index contributed by atoms with van der Waals surface area (Å²) in [7, 11) is 0. The molecule has 3 aromatic rings. The van der Waals surface area contributed by atoms with Gasteiger partial charge in [0.05, 0.1) is 33.6 Å². The average molecular weight is 549 g/mol. The molecule has 0 spiro atoms. The number of hydrogen-bond donors (Lipinski definition) is 0. The van der Waals surface area contributed by atoms with Crippen LogP contribution in [0.5, 0.6) is 0 Å². The van der Waals surface area contributed by atoms with Crippen molar-refractivity contribution < 1.29 is 22.8 Å². The molecule has 1 saturated heterocycles. The van der Waals surface area contributed by atoms with Gasteiger partial charge < -0.3 is 9.74 Å². The SMILES string of the molecule is CC1ON=C(CSc2ccccc2C(=O)N2CCN(Cc3nc4cc(C(F)(F)F)ccc4s3)CC2)C1C. The molecule has 2 atom stereocenters. The first-order chi connectivity index (χ1) is 17.7. The van der Waals surface area contributed by atoms with Crippen molar-refractivity contribution in [2.24, 2.45) is 11.1 Å². The lowest BCUT2D eigenvalue weighted by molar-refractivity contribution is -0.137. The van der Waals surface area contributed by atoms with Gasteiger partial charge >= 0.3 is 6.18 Å². The smallest absolute Gasteiger partial charge is 0.392 e. The Balaban J connectivity index is 1.18. The van der Waals surface area contributed by atoms with Crippen LogP contribution in [0, 0.1) is 5.92 Å². The van der Waals surface area contributed by atoms with E-state index in [0.29, 0.717) is 49.6 Å². The van der Waals surface area contributed by atoms with Gasteiger partial charge in [0.25, 0.3) is 5.91 Å². The number of benzene rings is 2. The summed E-state index contributed by atoms with van der Waals surface area (Å²) >= 11 is 3.01. The zero-order valence-electron chi connectivity index (χ0n) is 20.5. The predicted octanol–water partition coefficient (Wildman–Crippen LogP) is 5.78. The van der Waals surface area contributed by atoms with Crippen molar-refractivity contribution in [3.05, 3.63) is 58.6 Å². The number of halogens is 3. The molecule has 0 N–H and O–H groups in total. The number of piperazine rings is 1. The Morgan fingerprint density at radius 3 is 2.59 bits per heavy atom. The van der Waals surface area contributed by atoms with E-state index in [9.17, 15) is 18.0 Å². The van der Waals surface area contributed by atoms with Gasteiger partial charge in [0, 0.05) is 42.7 Å². The van der Waals surface area contributed by atoms with Gasteiger partial charge in [0.15, 0.2) is 0 Å². The fourth-order valence-corrected chi connectivity index (χ4v) is 6.46. The van der Waals surface area contributed by atoms with Gasteiger partial charge in [-0.15, -0.1) is 23.1 Å². The lowest BCUT2D eigenvalue weighted by atomic mass is 10.0. The number of nitrogens with zero attached hydrogens (tertiary/aromatic N) is 4. The van der Waals surface area contributed by atoms with Crippen LogP contribution in [0.1, 0.15) is 34.8 Å². The van der Waals surface area contributed by atoms with E-state index >= 15 is 0 Å². The maximum Gasteiger partial charge on any atom is 0.416 e. The topological polar surface area (TPSA) is 58.0 Å². The number of hydrogen-bond acceptors (Lipinski definition) is 7. The van der Waals surface area contributed by atoms with E-state index in [1.54, 1.807) is 11.8 Å². The van der Waals surface area contributed by atoms with E-state index in [0.717, 1.165) is 32.4 Å². The fraction of sp³-hybridized carbons (Fsp3) is 0.423. The average Bonchev–Trinajstić information content (AvgIpc) is 3.43. The van der Waals surface area contributed by atoms with Gasteiger partial charge in [0.2, 0.25) is 0 Å². The molecule has 0 aliphatic carbocycles. The summed E-state index contributed by atoms with van der Waals surface area (Å²) < 4.78 is 39.8. The fourth-order valence-electron chi connectivity index (χ4n) is 4.36. The molecule has 3 heterocycles. The monoisotopic (exact) mass is 548 g/mol. The van der Waals surface area contributed by atoms with E-state index < -0.39 is 11.7 Å². The quantitative estimate of drug-likeness (QED) is 0.366. The zero-order chi connectivity index (χ0) is 26.2. The minimum Gasteiger partial charge on any atom is -0.392 e. The van der Waals surface area contributed by atoms with Crippen molar-refractivity contribution in [2.75, 3.05) is 31.9 Å². The second-order valence-electron chi connectivity index (χ2n) is 9.32. The van der Waals surface area contributed by atoms with Crippen LogP contribution in [0.3, 0.4) is 0 Å². The number of amides is 1. The van der Waals surface area contributed by atoms with Crippen molar-refractivity contribution in [3.8, 4) is 0 Å². The van der Waals surface area contributed by atoms with Crippen LogP contribution < -0.4 is 0 Å². The van der Waals surface area contributed by atoms with E-state index in [1.165, 1.54) is 17.4 Å². The minimum atomic E-state index is -4.38. The molecule has 37 heavy (non-hydrogen) atoms. The highest BCUT2D eigenvalue weighted by Gasteiger charge is 2.31. The molecule has 6 nitrogen and oxygen atoms in total. The van der Waals surface area contributed by atoms with E-state index in [4.69, 9.17) is 4.84 Å². The molecule has 0 radical (unpaired) electrons. The molecule has 0 saturated carbocycles. The third-order valence-electron chi connectivity index (χ3n) is 6.84. The Morgan fingerprint density at radius 1 is 1.14 bits per heavy atom. The van der Waals surface area contributed by atoms with Crippen LogP contribution in [0.2, 0.25) is 0 Å². The van der Waals surface area contributed by atoms with Crippen molar-refractivity contribution in [1.29, 1.82) is 0 Å². The molecule has 2 aromatic carbocycles. The Hall–Kier alpha value is -2.63. The molecule has 2 unspecified atom stereocenters. The van der Waals surface area contributed by atoms with Crippen molar-refractivity contribution in [3.63, 3.8) is 0 Å². The Labute approximate surface area is 221 Å². The van der Waals surface area contributed by atoms with Crippen molar-refractivity contribution >= 4 is 44.9 Å². The highest BCUT2D eigenvalue weighted by atomic mass is 32.2. The van der Waals surface area contributed by atoms with Gasteiger partial charge in [-0.3, -0.25) is 9.69 Å². The first-order valence-corrected chi connectivity index (χ1v) is 13.9. The number of alkyl halides is 3. The second-order valence-corrected chi connectivity index (χ2v) is 11.5. The maximum absolute atomic E-state index is 13.4. The summed E-state index contributed by atoms with van der Waals surface area (Å²) in [5.41, 5.74) is 1.37. The summed E-state index contributed by atoms with van der Waals surface area (Å²) in [5, 5.41) is 4.97. The number of fused-ring (bicyclic) bond motifs is 1. The highest BCUT2D eigenvalue weighted by molar-refractivity contribution is 8.00. The van der Waals surface area contributed by atoms with Crippen LogP contribution in [0.15, 0.2) is 52.5 Å². The number of carbonyl (C=O) groups is 1. The Bertz CT molecular complexity index is 1320. The third-order valence-corrected chi connectivity index (χ3v) is 8.96. The highest BCUT2D eigenvalue weighted by Crippen LogP contribution is 2.33. The predicted molar refractivity (Wildman–Crippen MR) is 140 cm³/mol. The van der Waals surface area contributed by atoms with Crippen LogP contribution in [-0.2, 0) is 17.6 Å². The van der Waals surface area contributed by atoms with Gasteiger partial charge in [-0.1, -0.05) is 24.2 Å². The summed E-state index contributed by atoms with van der Waals surface area (Å²) in [5.74, 6) is 0.940. The molecule has 196 valence electrons. The first-order valence-electron chi connectivity index (χ1n) is 12.1. The van der Waals surface area contributed by atoms with Crippen LogP contribution in [0.4, 0.5) is 13.2 Å². The van der Waals surface area contributed by atoms with Crippen LogP contribution in [0.25, 0.3) is 10.2 Å². The molecule has 2 aliphatic rings. The van der Waals surface area contributed by atoms with E-state index in [1.807, 2.05) is 36.1 Å². The Morgan fingerprint density at radius 2 is 1.89 bits per heavy atom. The van der Waals surface area contributed by atoms with Gasteiger partial charge in [-0.2, -0.15) is 13.2 Å². The largest absolute Gasteiger partial charge is 0.416 e. The first kappa shape index (κ1) is 26.0. The molecular weight excluding hydrogens is 521 g/mol. The van der Waals surface area contributed by atoms with Gasteiger partial charge in [-0.25, -0.2) is 4.98 Å². The number of rotatable bonds is 6. The minimum absolute atomic E-state index is 0.00782. The standard InChI is InChI=1S/C26H27F3N4O2S2/c1-16-17(2)35-31-21(16)15-36-22-6-4-3-5-19(22)25(34)33-11-9-32(10-12-33)14-24-30-20-13-18(26(27,28)29)7-8-23(20)37-24/h3-8,13,16-17H,9-12,14-15H2,1-2H3. The van der Waals surface area contributed by atoms with Crippen molar-refractivity contribution in [2.45, 2.75) is 37.6 Å². The number of carbonyl (C=O) groups excluding carboxylic acids is 1. The zero-order valence-corrected chi connectivity index (χ0v) is 22.1. The van der Waals surface area contributed by atoms with Gasteiger partial charge in [-0.05, 0) is 37.3 Å². The van der Waals surface area contributed by atoms with E-state index in [2.05, 4.69) is 22.0 Å². The summed E-state index contributed by atoms with van der Waals surface area (Å²) in [6.07, 6.45) is -4.31. The summed E-state index contributed by atoms with van der Waals surface area (Å²) in [6.45, 7) is 7.16. The van der Waals surface area contributed by atoms with Crippen LogP contribution >= 0.6 is 23.1 Å². The number of aromatic nitrogens is 1. The maximum atomic E-state index is 13.4. The molecule has 2 aliphatic heterocycles. The molecule has 11 heteroatoms. The van der Waals surface area contributed by atoms with Gasteiger partial charge in [0.1, 0.15) is 11.1 Å². The summed E-state index contributed by atoms with van der Waals surface area (Å²) in [4.78, 5) is 28.2. The van der Waals surface area contributed by atoms with E-state index in [-0.39, 0.29) is 17.9 Å². The molecule has 0 bridgehead atoms. The molecule has 1 aromatic heterocycles. The number of oxime groups is 1. The van der Waals surface area contributed by atoms with Crippen LogP contribution in [-0.4, -0.2) is 64.4 Å².